The number of imide groups is 1. The van der Waals surface area contributed by atoms with Crippen LogP contribution in [0.5, 0.6) is 5.75 Å². The Kier molecular flexibility index (Phi) is 5.79. The van der Waals surface area contributed by atoms with Crippen LogP contribution in [-0.2, 0) is 4.79 Å². The second-order valence-corrected chi connectivity index (χ2v) is 5.46. The maximum Gasteiger partial charge on any atom is 0.319 e. The van der Waals surface area contributed by atoms with Crippen LogP contribution < -0.4 is 20.7 Å². The summed E-state index contributed by atoms with van der Waals surface area (Å²) in [6, 6.07) is 6.36. The number of primary amides is 1. The molecule has 1 aliphatic heterocycles. The summed E-state index contributed by atoms with van der Waals surface area (Å²) in [5.41, 5.74) is 6.30. The Balaban J connectivity index is 2.29. The highest BCUT2D eigenvalue weighted by Crippen LogP contribution is 2.29. The average molecular weight is 328 g/mol. The van der Waals surface area contributed by atoms with Crippen LogP contribution in [-0.4, -0.2) is 32.1 Å². The van der Waals surface area contributed by atoms with Crippen molar-refractivity contribution in [3.8, 4) is 11.8 Å². The quantitative estimate of drug-likeness (QED) is 0.647. The van der Waals surface area contributed by atoms with E-state index >= 15 is 0 Å². The minimum absolute atomic E-state index is 0.224. The predicted molar refractivity (Wildman–Crippen MR) is 90.4 cm³/mol. The number of anilines is 1. The number of hydrogen-bond acceptors (Lipinski definition) is 5. The first-order chi connectivity index (χ1) is 11.5. The molecule has 7 nitrogen and oxygen atoms in total. The predicted octanol–water partition coefficient (Wildman–Crippen LogP) is 1.79. The molecular formula is C17H20N4O3. The van der Waals surface area contributed by atoms with Gasteiger partial charge in [0.1, 0.15) is 17.4 Å². The minimum Gasteiger partial charge on any atom is -0.496 e. The van der Waals surface area contributed by atoms with Crippen LogP contribution in [0.4, 0.5) is 10.5 Å². The second-order valence-electron chi connectivity index (χ2n) is 5.46. The molecule has 7 heteroatoms. The number of piperidine rings is 1. The second kappa shape index (κ2) is 8.02. The van der Waals surface area contributed by atoms with E-state index in [2.05, 4.69) is 4.90 Å². The van der Waals surface area contributed by atoms with Crippen molar-refractivity contribution in [3.05, 3.63) is 29.3 Å². The van der Waals surface area contributed by atoms with Gasteiger partial charge in [-0.15, -0.1) is 0 Å². The monoisotopic (exact) mass is 328 g/mol. The molecule has 126 valence electrons. The molecular weight excluding hydrogens is 308 g/mol. The zero-order valence-electron chi connectivity index (χ0n) is 13.5. The summed E-state index contributed by atoms with van der Waals surface area (Å²) >= 11 is 0. The lowest BCUT2D eigenvalue weighted by Crippen LogP contribution is -2.35. The number of nitrogens with two attached hydrogens (primary N) is 1. The molecule has 1 heterocycles. The van der Waals surface area contributed by atoms with Crippen LogP contribution in [0.3, 0.4) is 0 Å². The van der Waals surface area contributed by atoms with Gasteiger partial charge in [-0.05, 0) is 37.5 Å². The number of amides is 3. The number of benzene rings is 1. The Morgan fingerprint density at radius 2 is 2.04 bits per heavy atom. The summed E-state index contributed by atoms with van der Waals surface area (Å²) in [6.07, 6.45) is 4.94. The fourth-order valence-corrected chi connectivity index (χ4v) is 2.65. The zero-order valence-corrected chi connectivity index (χ0v) is 13.5. The third-order valence-electron chi connectivity index (χ3n) is 3.84. The number of urea groups is 1. The van der Waals surface area contributed by atoms with Gasteiger partial charge in [0, 0.05) is 30.4 Å². The van der Waals surface area contributed by atoms with E-state index in [1.807, 2.05) is 17.4 Å². The first-order valence-electron chi connectivity index (χ1n) is 7.70. The van der Waals surface area contributed by atoms with Crippen molar-refractivity contribution in [2.24, 2.45) is 5.73 Å². The van der Waals surface area contributed by atoms with Crippen molar-refractivity contribution in [3.63, 3.8) is 0 Å². The van der Waals surface area contributed by atoms with Crippen LogP contribution >= 0.6 is 0 Å². The molecule has 0 atom stereocenters. The highest BCUT2D eigenvalue weighted by atomic mass is 16.5. The van der Waals surface area contributed by atoms with E-state index in [4.69, 9.17) is 15.7 Å². The normalized spacial score (nSPS) is 14.7. The van der Waals surface area contributed by atoms with Gasteiger partial charge in [0.2, 0.25) is 0 Å². The molecule has 1 fully saturated rings. The molecule has 0 radical (unpaired) electrons. The number of nitrogens with zero attached hydrogens (tertiary/aromatic N) is 2. The van der Waals surface area contributed by atoms with E-state index in [-0.39, 0.29) is 5.57 Å². The van der Waals surface area contributed by atoms with Gasteiger partial charge in [0.15, 0.2) is 0 Å². The van der Waals surface area contributed by atoms with Crippen LogP contribution in [0.1, 0.15) is 24.8 Å². The van der Waals surface area contributed by atoms with E-state index in [0.29, 0.717) is 11.3 Å². The fourth-order valence-electron chi connectivity index (χ4n) is 2.65. The SMILES string of the molecule is COc1cc(N2CCCCC2)ccc1/C=C(/C#N)C(=O)NC(N)=O. The van der Waals surface area contributed by atoms with Gasteiger partial charge < -0.3 is 15.4 Å². The minimum atomic E-state index is -1.01. The maximum absolute atomic E-state index is 11.8. The van der Waals surface area contributed by atoms with Crippen molar-refractivity contribution in [2.45, 2.75) is 19.3 Å². The molecule has 3 N–H and O–H groups in total. The van der Waals surface area contributed by atoms with Crippen molar-refractivity contribution in [1.29, 1.82) is 5.26 Å². The smallest absolute Gasteiger partial charge is 0.319 e. The van der Waals surface area contributed by atoms with Crippen LogP contribution in [0, 0.1) is 11.3 Å². The number of nitrogens with one attached hydrogen (secondary N) is 1. The Morgan fingerprint density at radius 1 is 1.33 bits per heavy atom. The van der Waals surface area contributed by atoms with Gasteiger partial charge in [0.25, 0.3) is 5.91 Å². The van der Waals surface area contributed by atoms with E-state index in [1.54, 1.807) is 12.1 Å². The van der Waals surface area contributed by atoms with E-state index < -0.39 is 11.9 Å². The summed E-state index contributed by atoms with van der Waals surface area (Å²) < 4.78 is 5.38. The number of methoxy groups -OCH3 is 1. The number of nitriles is 1. The lowest BCUT2D eigenvalue weighted by molar-refractivity contribution is -0.115. The van der Waals surface area contributed by atoms with Gasteiger partial charge in [-0.1, -0.05) is 0 Å². The van der Waals surface area contributed by atoms with E-state index in [0.717, 1.165) is 31.6 Å². The molecule has 1 aliphatic rings. The largest absolute Gasteiger partial charge is 0.496 e. The molecule has 0 spiro atoms. The first-order valence-corrected chi connectivity index (χ1v) is 7.70. The van der Waals surface area contributed by atoms with Crippen molar-refractivity contribution in [2.75, 3.05) is 25.1 Å². The average Bonchev–Trinajstić information content (AvgIpc) is 2.59. The van der Waals surface area contributed by atoms with Crippen LogP contribution in [0.2, 0.25) is 0 Å². The zero-order chi connectivity index (χ0) is 17.5. The molecule has 0 unspecified atom stereocenters. The van der Waals surface area contributed by atoms with Crippen molar-refractivity contribution < 1.29 is 14.3 Å². The molecule has 1 aromatic rings. The Morgan fingerprint density at radius 3 is 2.62 bits per heavy atom. The third kappa shape index (κ3) is 4.26. The topological polar surface area (TPSA) is 108 Å². The van der Waals surface area contributed by atoms with Gasteiger partial charge in [0.05, 0.1) is 7.11 Å². The maximum atomic E-state index is 11.8. The van der Waals surface area contributed by atoms with Crippen molar-refractivity contribution in [1.82, 2.24) is 5.32 Å². The summed E-state index contributed by atoms with van der Waals surface area (Å²) in [4.78, 5) is 24.8. The lowest BCUT2D eigenvalue weighted by atomic mass is 10.1. The fraction of sp³-hybridized carbons (Fsp3) is 0.353. The van der Waals surface area contributed by atoms with Crippen molar-refractivity contribution >= 4 is 23.7 Å². The summed E-state index contributed by atoms with van der Waals surface area (Å²) in [7, 11) is 1.53. The van der Waals surface area contributed by atoms with Gasteiger partial charge >= 0.3 is 6.03 Å². The van der Waals surface area contributed by atoms with Gasteiger partial charge in [-0.2, -0.15) is 5.26 Å². The number of ether oxygens (including phenoxy) is 1. The molecule has 1 aromatic carbocycles. The molecule has 0 saturated carbocycles. The molecule has 2 rings (SSSR count). The molecule has 3 amide bonds. The van der Waals surface area contributed by atoms with Crippen LogP contribution in [0.25, 0.3) is 6.08 Å². The van der Waals surface area contributed by atoms with E-state index in [9.17, 15) is 9.59 Å². The number of rotatable bonds is 4. The first kappa shape index (κ1) is 17.3. The molecule has 0 aromatic heterocycles. The number of carbonyl (C=O) groups excluding carboxylic acids is 2. The Labute approximate surface area is 140 Å². The lowest BCUT2D eigenvalue weighted by Gasteiger charge is -2.29. The number of hydrogen-bond donors (Lipinski definition) is 2. The molecule has 0 aliphatic carbocycles. The van der Waals surface area contributed by atoms with Gasteiger partial charge in [-0.25, -0.2) is 4.79 Å². The summed E-state index contributed by atoms with van der Waals surface area (Å²) in [5.74, 6) is -0.287. The highest BCUT2D eigenvalue weighted by molar-refractivity contribution is 6.08. The van der Waals surface area contributed by atoms with E-state index in [1.165, 1.54) is 19.6 Å². The number of carbonyl (C=O) groups is 2. The summed E-state index contributed by atoms with van der Waals surface area (Å²) in [5, 5.41) is 11.0. The third-order valence-corrected chi connectivity index (χ3v) is 3.84. The standard InChI is InChI=1S/C17H20N4O3/c1-24-15-10-14(21-7-3-2-4-8-21)6-5-12(15)9-13(11-18)16(22)20-17(19)23/h5-6,9-10H,2-4,7-8H2,1H3,(H3,19,20,22,23)/b13-9-. The summed E-state index contributed by atoms with van der Waals surface area (Å²) in [6.45, 7) is 2.01. The molecule has 0 bridgehead atoms. The Hall–Kier alpha value is -3.01. The van der Waals surface area contributed by atoms with Crippen LogP contribution in [0.15, 0.2) is 23.8 Å². The molecule has 24 heavy (non-hydrogen) atoms. The van der Waals surface area contributed by atoms with Gasteiger partial charge in [-0.3, -0.25) is 10.1 Å². The highest BCUT2D eigenvalue weighted by Gasteiger charge is 2.15. The Bertz CT molecular complexity index is 700. The molecule has 1 saturated heterocycles.